The third-order valence-corrected chi connectivity index (χ3v) is 4.63. The molecule has 0 heterocycles. The van der Waals surface area contributed by atoms with Crippen LogP contribution < -0.4 is 16.4 Å². The van der Waals surface area contributed by atoms with Crippen molar-refractivity contribution in [3.8, 4) is 0 Å². The average Bonchev–Trinajstić information content (AvgIpc) is 2.60. The lowest BCUT2D eigenvalue weighted by atomic mass is 9.86. The molecule has 0 aromatic heterocycles. The first-order valence-electron chi connectivity index (χ1n) is 8.66. The number of hydrogen-bond donors (Lipinski definition) is 3. The minimum absolute atomic E-state index is 0.0930. The molecule has 6 heteroatoms. The molecule has 0 spiro atoms. The van der Waals surface area contributed by atoms with E-state index in [-0.39, 0.29) is 18.7 Å². The third-order valence-electron chi connectivity index (χ3n) is 4.63. The first kappa shape index (κ1) is 17.8. The molecule has 2 aromatic carbocycles. The number of amides is 2. The van der Waals surface area contributed by atoms with Crippen LogP contribution in [0.5, 0.6) is 0 Å². The Morgan fingerprint density at radius 3 is 2.50 bits per heavy atom. The number of nitrogens with two attached hydrogens (primary N) is 1. The smallest absolute Gasteiger partial charge is 0.407 e. The number of rotatable bonds is 6. The largest absolute Gasteiger partial charge is 0.445 e. The van der Waals surface area contributed by atoms with Gasteiger partial charge in [0.2, 0.25) is 5.91 Å². The van der Waals surface area contributed by atoms with E-state index >= 15 is 0 Å². The van der Waals surface area contributed by atoms with E-state index in [1.165, 1.54) is 0 Å². The van der Waals surface area contributed by atoms with Crippen LogP contribution in [0.4, 0.5) is 10.5 Å². The predicted molar refractivity (Wildman–Crippen MR) is 99.9 cm³/mol. The number of primary amides is 1. The summed E-state index contributed by atoms with van der Waals surface area (Å²) in [6.45, 7) is 2.14. The van der Waals surface area contributed by atoms with E-state index in [9.17, 15) is 9.59 Å². The van der Waals surface area contributed by atoms with Crippen molar-refractivity contribution in [1.29, 1.82) is 0 Å². The first-order chi connectivity index (χ1) is 12.5. The summed E-state index contributed by atoms with van der Waals surface area (Å²) in [5.74, 6) is -0.430. The van der Waals surface area contributed by atoms with Crippen LogP contribution in [0.1, 0.15) is 34.3 Å². The summed E-state index contributed by atoms with van der Waals surface area (Å²) in [4.78, 5) is 23.3. The molecule has 1 aliphatic carbocycles. The Hall–Kier alpha value is -3.02. The van der Waals surface area contributed by atoms with E-state index < -0.39 is 12.0 Å². The van der Waals surface area contributed by atoms with E-state index in [0.717, 1.165) is 29.7 Å². The zero-order valence-electron chi connectivity index (χ0n) is 14.7. The lowest BCUT2D eigenvalue weighted by molar-refractivity contribution is 0.0999. The van der Waals surface area contributed by atoms with Gasteiger partial charge in [0.25, 0.3) is 0 Å². The molecule has 0 atom stereocenters. The fourth-order valence-corrected chi connectivity index (χ4v) is 3.06. The summed E-state index contributed by atoms with van der Waals surface area (Å²) in [6.07, 6.45) is 1.21. The number of nitrogens with one attached hydrogen (secondary N) is 2. The van der Waals surface area contributed by atoms with Crippen molar-refractivity contribution >= 4 is 17.7 Å². The quantitative estimate of drug-likeness (QED) is 0.744. The molecule has 2 aromatic rings. The van der Waals surface area contributed by atoms with Crippen LogP contribution >= 0.6 is 0 Å². The topological polar surface area (TPSA) is 93.4 Å². The molecule has 26 heavy (non-hydrogen) atoms. The van der Waals surface area contributed by atoms with Crippen LogP contribution in [-0.2, 0) is 11.3 Å². The molecule has 0 bridgehead atoms. The highest BCUT2D eigenvalue weighted by Gasteiger charge is 2.31. The number of benzene rings is 2. The van der Waals surface area contributed by atoms with Gasteiger partial charge in [0, 0.05) is 23.3 Å². The van der Waals surface area contributed by atoms with Gasteiger partial charge in [0.15, 0.2) is 0 Å². The molecule has 0 radical (unpaired) electrons. The maximum absolute atomic E-state index is 11.9. The maximum atomic E-state index is 11.9. The fourth-order valence-electron chi connectivity index (χ4n) is 3.06. The van der Waals surface area contributed by atoms with Crippen LogP contribution in [0.3, 0.4) is 0 Å². The molecule has 1 fully saturated rings. The number of ether oxygens (including phenoxy) is 1. The first-order valence-corrected chi connectivity index (χ1v) is 8.66. The molecular weight excluding hydrogens is 330 g/mol. The number of carbonyl (C=O) groups is 2. The van der Waals surface area contributed by atoms with Crippen molar-refractivity contribution in [3.63, 3.8) is 0 Å². The van der Waals surface area contributed by atoms with Crippen molar-refractivity contribution in [2.24, 2.45) is 5.73 Å². The van der Waals surface area contributed by atoms with Gasteiger partial charge in [-0.1, -0.05) is 36.4 Å². The molecular formula is C20H23N3O3. The summed E-state index contributed by atoms with van der Waals surface area (Å²) < 4.78 is 5.23. The van der Waals surface area contributed by atoms with Crippen molar-refractivity contribution < 1.29 is 14.3 Å². The Morgan fingerprint density at radius 2 is 1.81 bits per heavy atom. The molecule has 3 rings (SSSR count). The lowest BCUT2D eigenvalue weighted by Crippen LogP contribution is -2.49. The van der Waals surface area contributed by atoms with Gasteiger partial charge in [0.05, 0.1) is 0 Å². The van der Waals surface area contributed by atoms with Crippen LogP contribution in [-0.4, -0.2) is 24.1 Å². The molecule has 1 aliphatic rings. The van der Waals surface area contributed by atoms with Crippen LogP contribution in [0.2, 0.25) is 0 Å². The van der Waals surface area contributed by atoms with E-state index in [1.807, 2.05) is 49.4 Å². The lowest BCUT2D eigenvalue weighted by Gasteiger charge is -2.37. The van der Waals surface area contributed by atoms with E-state index in [0.29, 0.717) is 5.56 Å². The minimum atomic E-state index is -0.430. The molecule has 6 nitrogen and oxygen atoms in total. The highest BCUT2D eigenvalue weighted by molar-refractivity contribution is 5.95. The molecule has 136 valence electrons. The normalized spacial score (nSPS) is 18.5. The van der Waals surface area contributed by atoms with Crippen LogP contribution in [0.15, 0.2) is 48.5 Å². The minimum Gasteiger partial charge on any atom is -0.445 e. The zero-order valence-corrected chi connectivity index (χ0v) is 14.7. The average molecular weight is 353 g/mol. The van der Waals surface area contributed by atoms with Gasteiger partial charge in [0.1, 0.15) is 6.61 Å². The van der Waals surface area contributed by atoms with Gasteiger partial charge < -0.3 is 21.1 Å². The van der Waals surface area contributed by atoms with Crippen LogP contribution in [0.25, 0.3) is 0 Å². The van der Waals surface area contributed by atoms with Gasteiger partial charge in [-0.25, -0.2) is 4.79 Å². The number of alkyl carbamates (subject to hydrolysis) is 1. The second-order valence-electron chi connectivity index (χ2n) is 6.56. The maximum Gasteiger partial charge on any atom is 0.407 e. The van der Waals surface area contributed by atoms with Gasteiger partial charge in [-0.2, -0.15) is 0 Å². The Labute approximate surface area is 152 Å². The number of hydrogen-bond acceptors (Lipinski definition) is 4. The van der Waals surface area contributed by atoms with Gasteiger partial charge in [-0.3, -0.25) is 4.79 Å². The Balaban J connectivity index is 1.43. The fraction of sp³-hybridized carbons (Fsp3) is 0.300. The zero-order chi connectivity index (χ0) is 18.5. The van der Waals surface area contributed by atoms with Crippen molar-refractivity contribution in [2.75, 3.05) is 5.32 Å². The van der Waals surface area contributed by atoms with E-state index in [1.54, 1.807) is 6.07 Å². The predicted octanol–water partition coefficient (Wildman–Crippen LogP) is 2.96. The second-order valence-corrected chi connectivity index (χ2v) is 6.56. The van der Waals surface area contributed by atoms with Gasteiger partial charge in [-0.05, 0) is 43.0 Å². The van der Waals surface area contributed by atoms with E-state index in [4.69, 9.17) is 10.5 Å². The van der Waals surface area contributed by atoms with Gasteiger partial charge >= 0.3 is 6.09 Å². The summed E-state index contributed by atoms with van der Waals surface area (Å²) in [7, 11) is 0. The molecule has 0 aliphatic heterocycles. The summed E-state index contributed by atoms with van der Waals surface area (Å²) >= 11 is 0. The van der Waals surface area contributed by atoms with E-state index in [2.05, 4.69) is 10.6 Å². The molecule has 4 N–H and O–H groups in total. The number of anilines is 1. The van der Waals surface area contributed by atoms with Crippen molar-refractivity contribution in [1.82, 2.24) is 5.32 Å². The summed E-state index contributed by atoms with van der Waals surface area (Å²) in [5, 5.41) is 6.27. The van der Waals surface area contributed by atoms with Crippen molar-refractivity contribution in [3.05, 3.63) is 65.2 Å². The SMILES string of the molecule is Cc1c(NC2CC(NC(=O)OCc3ccccc3)C2)cccc1C(N)=O. The van der Waals surface area contributed by atoms with Crippen LogP contribution in [0, 0.1) is 6.92 Å². The molecule has 1 saturated carbocycles. The molecule has 0 unspecified atom stereocenters. The summed E-state index contributed by atoms with van der Waals surface area (Å²) in [6, 6.07) is 15.4. The number of carbonyl (C=O) groups excluding carboxylic acids is 2. The Morgan fingerprint density at radius 1 is 1.08 bits per heavy atom. The summed E-state index contributed by atoms with van der Waals surface area (Å²) in [5.41, 5.74) is 8.61. The van der Waals surface area contributed by atoms with Crippen molar-refractivity contribution in [2.45, 2.75) is 38.5 Å². The second kappa shape index (κ2) is 7.91. The third kappa shape index (κ3) is 4.33. The van der Waals surface area contributed by atoms with Gasteiger partial charge in [-0.15, -0.1) is 0 Å². The highest BCUT2D eigenvalue weighted by Crippen LogP contribution is 2.27. The monoisotopic (exact) mass is 353 g/mol. The standard InChI is InChI=1S/C20H23N3O3/c1-13-17(19(21)24)8-5-9-18(13)22-15-10-16(11-15)23-20(25)26-12-14-6-3-2-4-7-14/h2-9,15-16,22H,10-12H2,1H3,(H2,21,24)(H,23,25). The Kier molecular flexibility index (Phi) is 5.41. The molecule has 0 saturated heterocycles. The molecule has 2 amide bonds. The highest BCUT2D eigenvalue weighted by atomic mass is 16.5. The Bertz CT molecular complexity index is 786.